The van der Waals surface area contributed by atoms with Crippen molar-refractivity contribution in [1.29, 1.82) is 0 Å². The summed E-state index contributed by atoms with van der Waals surface area (Å²) in [6, 6.07) is 12.0. The number of aryl methyl sites for hydroxylation is 1. The Balaban J connectivity index is 2.28. The number of pyridine rings is 2. The van der Waals surface area contributed by atoms with Crippen LogP contribution in [0.2, 0.25) is 0 Å². The molecule has 0 bridgehead atoms. The largest absolute Gasteiger partial charge is 0.392 e. The van der Waals surface area contributed by atoms with Gasteiger partial charge < -0.3 is 5.11 Å². The lowest BCUT2D eigenvalue weighted by Crippen LogP contribution is -1.95. The molecule has 0 aliphatic heterocycles. The summed E-state index contributed by atoms with van der Waals surface area (Å²) in [5.41, 5.74) is 4.76. The molecule has 3 heteroatoms. The van der Waals surface area contributed by atoms with Gasteiger partial charge in [0.1, 0.15) is 0 Å². The highest BCUT2D eigenvalue weighted by Crippen LogP contribution is 2.25. The number of benzene rings is 1. The van der Waals surface area contributed by atoms with Crippen LogP contribution in [0, 0.1) is 6.92 Å². The molecule has 1 N–H and O–H groups in total. The highest BCUT2D eigenvalue weighted by Gasteiger charge is 2.08. The zero-order chi connectivity index (χ0) is 13.2. The first-order valence-electron chi connectivity index (χ1n) is 6.19. The van der Waals surface area contributed by atoms with Gasteiger partial charge in [-0.2, -0.15) is 0 Å². The predicted octanol–water partition coefficient (Wildman–Crippen LogP) is 3.10. The monoisotopic (exact) mass is 250 g/mol. The Morgan fingerprint density at radius 2 is 1.84 bits per heavy atom. The maximum atomic E-state index is 9.54. The van der Waals surface area contributed by atoms with Gasteiger partial charge in [0.25, 0.3) is 0 Å². The second-order valence-corrected chi connectivity index (χ2v) is 4.59. The van der Waals surface area contributed by atoms with Crippen LogP contribution in [0.25, 0.3) is 22.2 Å². The molecule has 1 aromatic carbocycles. The van der Waals surface area contributed by atoms with Gasteiger partial charge in [0.05, 0.1) is 17.8 Å². The molecule has 0 spiro atoms. The summed E-state index contributed by atoms with van der Waals surface area (Å²) in [5, 5.41) is 10.6. The highest BCUT2D eigenvalue weighted by atomic mass is 16.3. The lowest BCUT2D eigenvalue weighted by atomic mass is 10.0. The third-order valence-corrected chi connectivity index (χ3v) is 3.18. The van der Waals surface area contributed by atoms with Crippen LogP contribution in [0.1, 0.15) is 11.1 Å². The van der Waals surface area contributed by atoms with Crippen LogP contribution in [0.3, 0.4) is 0 Å². The fourth-order valence-electron chi connectivity index (χ4n) is 2.20. The molecule has 0 saturated carbocycles. The van der Waals surface area contributed by atoms with Gasteiger partial charge in [-0.05, 0) is 36.8 Å². The van der Waals surface area contributed by atoms with E-state index >= 15 is 0 Å². The minimum Gasteiger partial charge on any atom is -0.392 e. The van der Waals surface area contributed by atoms with Crippen molar-refractivity contribution in [2.75, 3.05) is 0 Å². The van der Waals surface area contributed by atoms with E-state index in [0.717, 1.165) is 27.7 Å². The lowest BCUT2D eigenvalue weighted by Gasteiger charge is -2.09. The van der Waals surface area contributed by atoms with Crippen LogP contribution >= 0.6 is 0 Å². The van der Waals surface area contributed by atoms with Crippen LogP contribution in [0.4, 0.5) is 0 Å². The van der Waals surface area contributed by atoms with Crippen LogP contribution in [0.5, 0.6) is 0 Å². The molecule has 3 nitrogen and oxygen atoms in total. The SMILES string of the molecule is Cc1ccc2cc(CO)c(-c3ccncc3)nc2c1. The minimum absolute atomic E-state index is 0.0194. The van der Waals surface area contributed by atoms with E-state index in [0.29, 0.717) is 0 Å². The summed E-state index contributed by atoms with van der Waals surface area (Å²) in [7, 11) is 0. The maximum Gasteiger partial charge on any atom is 0.0765 e. The van der Waals surface area contributed by atoms with E-state index in [-0.39, 0.29) is 6.61 Å². The average Bonchev–Trinajstić information content (AvgIpc) is 2.46. The summed E-state index contributed by atoms with van der Waals surface area (Å²) >= 11 is 0. The molecule has 2 aromatic heterocycles. The first-order valence-corrected chi connectivity index (χ1v) is 6.19. The molecule has 3 aromatic rings. The number of nitrogens with zero attached hydrogens (tertiary/aromatic N) is 2. The zero-order valence-corrected chi connectivity index (χ0v) is 10.7. The molecule has 0 saturated heterocycles. The molecule has 0 amide bonds. The third kappa shape index (κ3) is 2.20. The van der Waals surface area contributed by atoms with E-state index in [2.05, 4.69) is 22.1 Å². The fourth-order valence-corrected chi connectivity index (χ4v) is 2.20. The second-order valence-electron chi connectivity index (χ2n) is 4.59. The van der Waals surface area contributed by atoms with Gasteiger partial charge in [-0.25, -0.2) is 4.98 Å². The number of aromatic nitrogens is 2. The number of aliphatic hydroxyl groups excluding tert-OH is 1. The normalized spacial score (nSPS) is 10.8. The third-order valence-electron chi connectivity index (χ3n) is 3.18. The van der Waals surface area contributed by atoms with Crippen molar-refractivity contribution in [2.45, 2.75) is 13.5 Å². The second kappa shape index (κ2) is 4.78. The molecule has 2 heterocycles. The molecular formula is C16H14N2O. The Bertz CT molecular complexity index is 723. The van der Waals surface area contributed by atoms with Crippen LogP contribution < -0.4 is 0 Å². The van der Waals surface area contributed by atoms with Gasteiger partial charge >= 0.3 is 0 Å². The van der Waals surface area contributed by atoms with Crippen molar-refractivity contribution >= 4 is 10.9 Å². The van der Waals surface area contributed by atoms with E-state index in [9.17, 15) is 5.11 Å². The van der Waals surface area contributed by atoms with Crippen LogP contribution in [-0.4, -0.2) is 15.1 Å². The Morgan fingerprint density at radius 1 is 1.05 bits per heavy atom. The molecule has 19 heavy (non-hydrogen) atoms. The predicted molar refractivity (Wildman–Crippen MR) is 75.6 cm³/mol. The van der Waals surface area contributed by atoms with Gasteiger partial charge in [-0.15, -0.1) is 0 Å². The van der Waals surface area contributed by atoms with Gasteiger partial charge in [0.2, 0.25) is 0 Å². The smallest absolute Gasteiger partial charge is 0.0765 e. The Kier molecular flexibility index (Phi) is 2.97. The van der Waals surface area contributed by atoms with Gasteiger partial charge in [0.15, 0.2) is 0 Å². The molecule has 0 unspecified atom stereocenters. The summed E-state index contributed by atoms with van der Waals surface area (Å²) in [5.74, 6) is 0. The standard InChI is InChI=1S/C16H14N2O/c1-11-2-3-13-9-14(10-19)16(18-15(13)8-11)12-4-6-17-7-5-12/h2-9,19H,10H2,1H3. The first-order chi connectivity index (χ1) is 9.28. The summed E-state index contributed by atoms with van der Waals surface area (Å²) in [6.45, 7) is 2.03. The molecule has 0 atom stereocenters. The van der Waals surface area contributed by atoms with Gasteiger partial charge in [0, 0.05) is 28.9 Å². The Morgan fingerprint density at radius 3 is 2.58 bits per heavy atom. The highest BCUT2D eigenvalue weighted by molar-refractivity contribution is 5.83. The van der Waals surface area contributed by atoms with Gasteiger partial charge in [-0.3, -0.25) is 4.98 Å². The number of hydrogen-bond donors (Lipinski definition) is 1. The Hall–Kier alpha value is -2.26. The molecule has 0 aliphatic carbocycles. The summed E-state index contributed by atoms with van der Waals surface area (Å²) in [4.78, 5) is 8.70. The number of rotatable bonds is 2. The minimum atomic E-state index is -0.0194. The number of hydrogen-bond acceptors (Lipinski definition) is 3. The van der Waals surface area contributed by atoms with Crippen molar-refractivity contribution in [3.63, 3.8) is 0 Å². The number of fused-ring (bicyclic) bond motifs is 1. The zero-order valence-electron chi connectivity index (χ0n) is 10.7. The van der Waals surface area contributed by atoms with Crippen molar-refractivity contribution in [3.05, 3.63) is 59.9 Å². The van der Waals surface area contributed by atoms with Crippen molar-refractivity contribution in [2.24, 2.45) is 0 Å². The molecule has 0 radical (unpaired) electrons. The molecular weight excluding hydrogens is 236 g/mol. The van der Waals surface area contributed by atoms with E-state index in [4.69, 9.17) is 0 Å². The summed E-state index contributed by atoms with van der Waals surface area (Å²) < 4.78 is 0. The quantitative estimate of drug-likeness (QED) is 0.760. The molecule has 0 fully saturated rings. The topological polar surface area (TPSA) is 46.0 Å². The molecule has 94 valence electrons. The maximum absolute atomic E-state index is 9.54. The Labute approximate surface area is 111 Å². The molecule has 0 aliphatic rings. The fraction of sp³-hybridized carbons (Fsp3) is 0.125. The van der Waals surface area contributed by atoms with E-state index in [1.807, 2.05) is 31.2 Å². The van der Waals surface area contributed by atoms with Crippen molar-refractivity contribution in [3.8, 4) is 11.3 Å². The first kappa shape index (κ1) is 11.8. The molecule has 3 rings (SSSR count). The van der Waals surface area contributed by atoms with E-state index in [1.54, 1.807) is 12.4 Å². The summed E-state index contributed by atoms with van der Waals surface area (Å²) in [6.07, 6.45) is 3.47. The number of aliphatic hydroxyl groups is 1. The lowest BCUT2D eigenvalue weighted by molar-refractivity contribution is 0.282. The van der Waals surface area contributed by atoms with Crippen molar-refractivity contribution < 1.29 is 5.11 Å². The van der Waals surface area contributed by atoms with E-state index in [1.165, 1.54) is 5.56 Å². The van der Waals surface area contributed by atoms with E-state index < -0.39 is 0 Å². The van der Waals surface area contributed by atoms with Gasteiger partial charge in [-0.1, -0.05) is 12.1 Å². The van der Waals surface area contributed by atoms with Crippen LogP contribution in [0.15, 0.2) is 48.8 Å². The average molecular weight is 250 g/mol. The van der Waals surface area contributed by atoms with Crippen molar-refractivity contribution in [1.82, 2.24) is 9.97 Å². The van der Waals surface area contributed by atoms with Crippen LogP contribution in [-0.2, 0) is 6.61 Å².